The number of hydrogen-bond donors (Lipinski definition) is 3. The smallest absolute Gasteiger partial charge is 0.222 e. The zero-order chi connectivity index (χ0) is 22.0. The minimum absolute atomic E-state index is 0.248. The largest absolute Gasteiger partial charge is 0.385 e. The van der Waals surface area contributed by atoms with Gasteiger partial charge >= 0.3 is 0 Å². The highest BCUT2D eigenvalue weighted by Crippen LogP contribution is 2.50. The molecule has 3 N–H and O–H groups in total. The third-order valence-corrected chi connectivity index (χ3v) is 5.95. The third kappa shape index (κ3) is 4.18. The van der Waals surface area contributed by atoms with Gasteiger partial charge < -0.3 is 15.4 Å². The molecule has 0 spiro atoms. The Morgan fingerprint density at radius 2 is 2.06 bits per heavy atom. The molecular weight excluding hydrogens is 436 g/mol. The number of benzene rings is 1. The molecule has 0 radical (unpaired) electrons. The van der Waals surface area contributed by atoms with Crippen molar-refractivity contribution in [1.82, 2.24) is 20.2 Å². The lowest BCUT2D eigenvalue weighted by Gasteiger charge is -2.13. The second kappa shape index (κ2) is 8.65. The number of nitrogens with one attached hydrogen (secondary N) is 2. The molecule has 3 aromatic heterocycles. The number of aromatic nitrogens is 4. The van der Waals surface area contributed by atoms with Crippen LogP contribution in [0, 0.1) is 6.57 Å². The van der Waals surface area contributed by atoms with Crippen molar-refractivity contribution in [3.63, 3.8) is 0 Å². The number of aliphatic hydroxyl groups is 1. The number of aliphatic hydroxyl groups excluding tert-OH is 1. The van der Waals surface area contributed by atoms with Crippen LogP contribution in [-0.2, 0) is 4.79 Å². The minimum atomic E-state index is -1.08. The van der Waals surface area contributed by atoms with E-state index in [1.807, 2.05) is 0 Å². The number of aromatic amines is 1. The molecule has 4 aromatic rings. The summed E-state index contributed by atoms with van der Waals surface area (Å²) in [6, 6.07) is 10.2. The predicted octanol–water partition coefficient (Wildman–Crippen LogP) is 4.84. The molecule has 1 atom stereocenters. The van der Waals surface area contributed by atoms with Crippen molar-refractivity contribution in [2.24, 2.45) is 0 Å². The lowest BCUT2D eigenvalue weighted by Crippen LogP contribution is -2.07. The molecule has 10 heteroatoms. The summed E-state index contributed by atoms with van der Waals surface area (Å²) in [5.74, 6) is 0.568. The lowest BCUT2D eigenvalue weighted by molar-refractivity contribution is -0.114. The molecule has 0 fully saturated rings. The first-order valence-corrected chi connectivity index (χ1v) is 10.3. The topological polar surface area (TPSA) is 108 Å². The summed E-state index contributed by atoms with van der Waals surface area (Å²) >= 11 is 7.28. The van der Waals surface area contributed by atoms with Crippen molar-refractivity contribution in [2.75, 3.05) is 5.32 Å². The summed E-state index contributed by atoms with van der Waals surface area (Å²) in [4.78, 5) is 23.4. The monoisotopic (exact) mass is 450 g/mol. The number of carbonyl (C=O) groups is 1. The first kappa shape index (κ1) is 20.7. The Labute approximate surface area is 186 Å². The van der Waals surface area contributed by atoms with E-state index in [1.54, 1.807) is 42.6 Å². The minimum Gasteiger partial charge on any atom is -0.385 e. The van der Waals surface area contributed by atoms with Gasteiger partial charge in [-0.15, -0.1) is 21.5 Å². The van der Waals surface area contributed by atoms with E-state index in [9.17, 15) is 9.90 Å². The van der Waals surface area contributed by atoms with Gasteiger partial charge in [0.15, 0.2) is 5.82 Å². The van der Waals surface area contributed by atoms with Gasteiger partial charge in [-0.1, -0.05) is 23.7 Å². The number of hydrogen-bond acceptors (Lipinski definition) is 6. The number of nitrogens with zero attached hydrogens (tertiary/aromatic N) is 4. The highest BCUT2D eigenvalue weighted by molar-refractivity contribution is 7.19. The molecule has 0 bridgehead atoms. The average molecular weight is 451 g/mol. The Kier molecular flexibility index (Phi) is 5.77. The highest BCUT2D eigenvalue weighted by atomic mass is 35.5. The number of thiophene rings is 1. The summed E-state index contributed by atoms with van der Waals surface area (Å²) < 4.78 is 0. The number of halogens is 1. The summed E-state index contributed by atoms with van der Waals surface area (Å²) in [7, 11) is 0. The normalized spacial score (nSPS) is 11.7. The molecule has 0 aliphatic carbocycles. The van der Waals surface area contributed by atoms with Crippen LogP contribution in [0.1, 0.15) is 24.2 Å². The van der Waals surface area contributed by atoms with Crippen LogP contribution in [0.25, 0.3) is 26.0 Å². The van der Waals surface area contributed by atoms with Gasteiger partial charge in [0.25, 0.3) is 0 Å². The van der Waals surface area contributed by atoms with E-state index in [1.165, 1.54) is 24.6 Å². The summed E-state index contributed by atoms with van der Waals surface area (Å²) in [6.45, 7) is 9.23. The lowest BCUT2D eigenvalue weighted by atomic mass is 9.99. The van der Waals surface area contributed by atoms with Crippen molar-refractivity contribution in [1.29, 1.82) is 0 Å². The second-order valence-corrected chi connectivity index (χ2v) is 7.99. The van der Waals surface area contributed by atoms with Crippen LogP contribution >= 0.6 is 22.9 Å². The van der Waals surface area contributed by atoms with E-state index in [0.717, 1.165) is 0 Å². The van der Waals surface area contributed by atoms with Crippen LogP contribution in [0.3, 0.4) is 0 Å². The number of rotatable bonds is 5. The van der Waals surface area contributed by atoms with Gasteiger partial charge in [-0.2, -0.15) is 0 Å². The number of carbonyl (C=O) groups excluding carboxylic acids is 1. The van der Waals surface area contributed by atoms with Gasteiger partial charge in [0, 0.05) is 28.6 Å². The van der Waals surface area contributed by atoms with Crippen LogP contribution in [-0.4, -0.2) is 31.2 Å². The zero-order valence-corrected chi connectivity index (χ0v) is 17.7. The molecule has 4 rings (SSSR count). The quantitative estimate of drug-likeness (QED) is 0.377. The molecule has 0 aliphatic rings. The Morgan fingerprint density at radius 3 is 2.71 bits per heavy atom. The van der Waals surface area contributed by atoms with Gasteiger partial charge in [0.2, 0.25) is 11.6 Å². The molecule has 3 heterocycles. The summed E-state index contributed by atoms with van der Waals surface area (Å²) in [5.41, 5.74) is 1.99. The van der Waals surface area contributed by atoms with Crippen molar-refractivity contribution < 1.29 is 9.90 Å². The Bertz CT molecular complexity index is 1280. The third-order valence-electron chi connectivity index (χ3n) is 4.45. The standard InChI is InChI=1S/C21H15ClN6O2S/c1-11(29)27-15-9-13(7-8-24-15)19-17(23-2)16(20(31-19)21-25-10-26-28-21)18(30)12-3-5-14(22)6-4-12/h3-10,18,30H,1H3,(H,24,27,29)(H,25,26,28). The van der Waals surface area contributed by atoms with Crippen LogP contribution < -0.4 is 5.32 Å². The average Bonchev–Trinajstić information content (AvgIpc) is 3.41. The molecule has 1 unspecified atom stereocenters. The first-order valence-electron chi connectivity index (χ1n) is 9.06. The molecule has 1 aromatic carbocycles. The second-order valence-electron chi connectivity index (χ2n) is 6.54. The molecule has 0 saturated heterocycles. The fourth-order valence-corrected chi connectivity index (χ4v) is 4.46. The van der Waals surface area contributed by atoms with E-state index in [-0.39, 0.29) is 5.91 Å². The van der Waals surface area contributed by atoms with Gasteiger partial charge in [-0.25, -0.2) is 9.83 Å². The van der Waals surface area contributed by atoms with Crippen molar-refractivity contribution in [2.45, 2.75) is 13.0 Å². The zero-order valence-electron chi connectivity index (χ0n) is 16.1. The Balaban J connectivity index is 1.91. The van der Waals surface area contributed by atoms with Gasteiger partial charge in [-0.05, 0) is 35.4 Å². The van der Waals surface area contributed by atoms with E-state index in [2.05, 4.69) is 30.3 Å². The number of amides is 1. The highest BCUT2D eigenvalue weighted by Gasteiger charge is 2.28. The number of anilines is 1. The Hall–Kier alpha value is -3.58. The molecule has 1 amide bonds. The van der Waals surface area contributed by atoms with Crippen LogP contribution in [0.5, 0.6) is 0 Å². The fourth-order valence-electron chi connectivity index (χ4n) is 3.12. The maximum absolute atomic E-state index is 11.4. The Morgan fingerprint density at radius 1 is 1.29 bits per heavy atom. The summed E-state index contributed by atoms with van der Waals surface area (Å²) in [5, 5.41) is 22.3. The van der Waals surface area contributed by atoms with Gasteiger partial charge in [0.1, 0.15) is 12.1 Å². The van der Waals surface area contributed by atoms with Crippen molar-refractivity contribution >= 4 is 40.4 Å². The van der Waals surface area contributed by atoms with Gasteiger partial charge in [0.05, 0.1) is 17.6 Å². The molecular formula is C21H15ClN6O2S. The van der Waals surface area contributed by atoms with E-state index in [4.69, 9.17) is 18.2 Å². The van der Waals surface area contributed by atoms with Crippen molar-refractivity contribution in [3.8, 4) is 21.1 Å². The van der Waals surface area contributed by atoms with Crippen LogP contribution in [0.15, 0.2) is 48.9 Å². The molecule has 31 heavy (non-hydrogen) atoms. The fraction of sp³-hybridized carbons (Fsp3) is 0.0952. The van der Waals surface area contributed by atoms with Crippen molar-refractivity contribution in [3.05, 3.63) is 76.5 Å². The van der Waals surface area contributed by atoms with E-state index in [0.29, 0.717) is 48.8 Å². The van der Waals surface area contributed by atoms with E-state index < -0.39 is 6.10 Å². The maximum Gasteiger partial charge on any atom is 0.222 e. The summed E-state index contributed by atoms with van der Waals surface area (Å²) in [6.07, 6.45) is 1.91. The van der Waals surface area contributed by atoms with Crippen LogP contribution in [0.4, 0.5) is 11.5 Å². The maximum atomic E-state index is 11.4. The SMILES string of the molecule is [C-]#[N+]c1c(-c2ccnc(NC(C)=O)c2)sc(-c2nnc[nH]2)c1C(O)c1ccc(Cl)cc1. The molecule has 0 aliphatic heterocycles. The van der Waals surface area contributed by atoms with Crippen LogP contribution in [0.2, 0.25) is 5.02 Å². The number of H-pyrrole nitrogens is 1. The molecule has 154 valence electrons. The van der Waals surface area contributed by atoms with Gasteiger partial charge in [-0.3, -0.25) is 4.79 Å². The molecule has 0 saturated carbocycles. The predicted molar refractivity (Wildman–Crippen MR) is 119 cm³/mol. The first-order chi connectivity index (χ1) is 15.0. The van der Waals surface area contributed by atoms with E-state index >= 15 is 0 Å². The number of pyridine rings is 1. The molecule has 8 nitrogen and oxygen atoms in total.